The minimum absolute atomic E-state index is 0.191. The van der Waals surface area contributed by atoms with Crippen molar-refractivity contribution in [3.8, 4) is 11.5 Å². The van der Waals surface area contributed by atoms with Gasteiger partial charge in [-0.1, -0.05) is 70.9 Å². The summed E-state index contributed by atoms with van der Waals surface area (Å²) in [6.07, 6.45) is 10.4. The molecule has 0 heterocycles. The van der Waals surface area contributed by atoms with E-state index in [1.807, 2.05) is 19.1 Å². The van der Waals surface area contributed by atoms with Crippen LogP contribution in [0.4, 0.5) is 0 Å². The highest BCUT2D eigenvalue weighted by Crippen LogP contribution is 2.21. The molecule has 5 nitrogen and oxygen atoms in total. The molecule has 0 bridgehead atoms. The number of benzene rings is 2. The van der Waals surface area contributed by atoms with E-state index in [0.29, 0.717) is 24.3 Å². The number of rotatable bonds is 16. The summed E-state index contributed by atoms with van der Waals surface area (Å²) in [7, 11) is 0. The Balaban J connectivity index is 1.76. The molecular weight excluding hydrogens is 428 g/mol. The summed E-state index contributed by atoms with van der Waals surface area (Å²) in [5.41, 5.74) is 1.28. The van der Waals surface area contributed by atoms with Gasteiger partial charge in [-0.25, -0.2) is 4.79 Å². The lowest BCUT2D eigenvalue weighted by Crippen LogP contribution is -2.10. The molecule has 186 valence electrons. The second-order valence-corrected chi connectivity index (χ2v) is 8.69. The van der Waals surface area contributed by atoms with Gasteiger partial charge >= 0.3 is 11.9 Å². The zero-order valence-corrected chi connectivity index (χ0v) is 21.0. The van der Waals surface area contributed by atoms with E-state index in [1.165, 1.54) is 32.1 Å². The van der Waals surface area contributed by atoms with Gasteiger partial charge in [-0.3, -0.25) is 4.79 Å². The van der Waals surface area contributed by atoms with Crippen molar-refractivity contribution in [1.29, 1.82) is 0 Å². The van der Waals surface area contributed by atoms with Crippen LogP contribution in [0.1, 0.15) is 107 Å². The fourth-order valence-corrected chi connectivity index (χ4v) is 3.58. The highest BCUT2D eigenvalue weighted by atomic mass is 16.5. The summed E-state index contributed by atoms with van der Waals surface area (Å²) in [6, 6.07) is 14.1. The van der Waals surface area contributed by atoms with Crippen molar-refractivity contribution in [3.05, 3.63) is 59.7 Å². The second-order valence-electron chi connectivity index (χ2n) is 8.69. The fraction of sp³-hybridized carbons (Fsp3) is 0.517. The van der Waals surface area contributed by atoms with Crippen molar-refractivity contribution < 1.29 is 23.8 Å². The van der Waals surface area contributed by atoms with Gasteiger partial charge in [0.1, 0.15) is 17.6 Å². The molecule has 0 spiro atoms. The number of unbranched alkanes of at least 4 members (excludes halogenated alkanes) is 7. The van der Waals surface area contributed by atoms with Crippen molar-refractivity contribution in [1.82, 2.24) is 0 Å². The smallest absolute Gasteiger partial charge is 0.343 e. The van der Waals surface area contributed by atoms with Gasteiger partial charge in [0.25, 0.3) is 0 Å². The van der Waals surface area contributed by atoms with Crippen LogP contribution < -0.4 is 9.47 Å². The summed E-state index contributed by atoms with van der Waals surface area (Å²) in [4.78, 5) is 24.4. The average molecular weight is 469 g/mol. The van der Waals surface area contributed by atoms with E-state index in [4.69, 9.17) is 14.2 Å². The molecule has 2 rings (SSSR count). The second kappa shape index (κ2) is 15.9. The lowest BCUT2D eigenvalue weighted by atomic mass is 10.1. The van der Waals surface area contributed by atoms with Crippen molar-refractivity contribution in [2.45, 2.75) is 91.1 Å². The number of esters is 2. The van der Waals surface area contributed by atoms with Gasteiger partial charge in [-0.05, 0) is 61.7 Å². The maximum absolute atomic E-state index is 12.5. The molecule has 0 aliphatic carbocycles. The van der Waals surface area contributed by atoms with Gasteiger partial charge in [0.15, 0.2) is 0 Å². The fourth-order valence-electron chi connectivity index (χ4n) is 3.58. The van der Waals surface area contributed by atoms with Gasteiger partial charge in [-0.2, -0.15) is 0 Å². The Kier molecular flexibility index (Phi) is 12.8. The molecule has 0 saturated heterocycles. The molecule has 5 heteroatoms. The van der Waals surface area contributed by atoms with Crippen LogP contribution in [0.2, 0.25) is 0 Å². The first-order chi connectivity index (χ1) is 16.5. The minimum Gasteiger partial charge on any atom is -0.494 e. The summed E-state index contributed by atoms with van der Waals surface area (Å²) < 4.78 is 16.7. The molecule has 0 aromatic heterocycles. The highest BCUT2D eigenvalue weighted by molar-refractivity contribution is 5.91. The first-order valence-corrected chi connectivity index (χ1v) is 12.8. The average Bonchev–Trinajstić information content (AvgIpc) is 2.84. The number of ether oxygens (including phenoxy) is 3. The molecule has 34 heavy (non-hydrogen) atoms. The summed E-state index contributed by atoms with van der Waals surface area (Å²) in [6.45, 7) is 6.85. The monoisotopic (exact) mass is 468 g/mol. The van der Waals surface area contributed by atoms with Gasteiger partial charge in [0, 0.05) is 6.42 Å². The topological polar surface area (TPSA) is 61.8 Å². The molecular formula is C29H40O5. The Hall–Kier alpha value is -2.82. The normalized spacial score (nSPS) is 11.6. The molecule has 2 aromatic rings. The number of hydrogen-bond acceptors (Lipinski definition) is 5. The van der Waals surface area contributed by atoms with Gasteiger partial charge in [0.2, 0.25) is 0 Å². The molecule has 0 saturated carbocycles. The van der Waals surface area contributed by atoms with Gasteiger partial charge in [-0.15, -0.1) is 0 Å². The van der Waals surface area contributed by atoms with Crippen LogP contribution in [0.3, 0.4) is 0 Å². The molecule has 0 aliphatic heterocycles. The summed E-state index contributed by atoms with van der Waals surface area (Å²) in [5, 5.41) is 0. The molecule has 0 N–H and O–H groups in total. The Morgan fingerprint density at radius 1 is 0.735 bits per heavy atom. The lowest BCUT2D eigenvalue weighted by molar-refractivity contribution is -0.148. The number of carbonyl (C=O) groups is 2. The Morgan fingerprint density at radius 3 is 2.00 bits per heavy atom. The third kappa shape index (κ3) is 10.4. The van der Waals surface area contributed by atoms with Crippen LogP contribution in [-0.2, 0) is 9.53 Å². The molecule has 0 aliphatic rings. The van der Waals surface area contributed by atoms with Crippen molar-refractivity contribution >= 4 is 11.9 Å². The molecule has 0 fully saturated rings. The predicted octanol–water partition coefficient (Wildman–Crippen LogP) is 7.83. The van der Waals surface area contributed by atoms with Crippen LogP contribution >= 0.6 is 0 Å². The maximum atomic E-state index is 12.5. The van der Waals surface area contributed by atoms with E-state index in [9.17, 15) is 9.59 Å². The largest absolute Gasteiger partial charge is 0.494 e. The minimum atomic E-state index is -0.434. The Morgan fingerprint density at radius 2 is 1.32 bits per heavy atom. The molecule has 0 radical (unpaired) electrons. The molecule has 1 atom stereocenters. The standard InChI is InChI=1S/C29H40O5/c1-4-6-8-9-10-12-22-32-26-18-20-27(21-19-26)34-29(31)25-16-14-24(15-17-25)23(3)33-28(30)13-11-7-5-2/h14-21,23H,4-13,22H2,1-3H3. The van der Waals surface area contributed by atoms with Crippen LogP contribution in [0.25, 0.3) is 0 Å². The Labute approximate surface area is 204 Å². The highest BCUT2D eigenvalue weighted by Gasteiger charge is 2.14. The van der Waals surface area contributed by atoms with Crippen LogP contribution in [0.5, 0.6) is 11.5 Å². The lowest BCUT2D eigenvalue weighted by Gasteiger charge is -2.14. The summed E-state index contributed by atoms with van der Waals surface area (Å²) in [5.74, 6) is 0.617. The van der Waals surface area contributed by atoms with Crippen LogP contribution in [-0.4, -0.2) is 18.5 Å². The molecule has 0 amide bonds. The van der Waals surface area contributed by atoms with E-state index in [0.717, 1.165) is 37.0 Å². The van der Waals surface area contributed by atoms with Crippen molar-refractivity contribution in [2.24, 2.45) is 0 Å². The first-order valence-electron chi connectivity index (χ1n) is 12.8. The first kappa shape index (κ1) is 27.4. The molecule has 1 unspecified atom stereocenters. The van der Waals surface area contributed by atoms with E-state index >= 15 is 0 Å². The third-order valence-electron chi connectivity index (χ3n) is 5.71. The quantitative estimate of drug-likeness (QED) is 0.143. The van der Waals surface area contributed by atoms with E-state index < -0.39 is 5.97 Å². The zero-order chi connectivity index (χ0) is 24.6. The van der Waals surface area contributed by atoms with Crippen molar-refractivity contribution in [3.63, 3.8) is 0 Å². The zero-order valence-electron chi connectivity index (χ0n) is 21.0. The van der Waals surface area contributed by atoms with E-state index in [1.54, 1.807) is 36.4 Å². The number of hydrogen-bond donors (Lipinski definition) is 0. The molecule has 2 aromatic carbocycles. The predicted molar refractivity (Wildman–Crippen MR) is 135 cm³/mol. The van der Waals surface area contributed by atoms with Gasteiger partial charge < -0.3 is 14.2 Å². The Bertz CT molecular complexity index is 842. The SMILES string of the molecule is CCCCCCCCOc1ccc(OC(=O)c2ccc(C(C)OC(=O)CCCCC)cc2)cc1. The number of carbonyl (C=O) groups excluding carboxylic acids is 2. The van der Waals surface area contributed by atoms with Crippen molar-refractivity contribution in [2.75, 3.05) is 6.61 Å². The van der Waals surface area contributed by atoms with E-state index in [2.05, 4.69) is 13.8 Å². The third-order valence-corrected chi connectivity index (χ3v) is 5.71. The summed E-state index contributed by atoms with van der Waals surface area (Å²) >= 11 is 0. The maximum Gasteiger partial charge on any atom is 0.343 e. The van der Waals surface area contributed by atoms with Crippen LogP contribution in [0, 0.1) is 0 Å². The van der Waals surface area contributed by atoms with Gasteiger partial charge in [0.05, 0.1) is 12.2 Å². The van der Waals surface area contributed by atoms with Crippen LogP contribution in [0.15, 0.2) is 48.5 Å². The van der Waals surface area contributed by atoms with E-state index in [-0.39, 0.29) is 12.1 Å².